The number of nitrogens with zero attached hydrogens (tertiary/aromatic N) is 3. The normalized spacial score (nSPS) is 15.8. The van der Waals surface area contributed by atoms with Gasteiger partial charge >= 0.3 is 0 Å². The van der Waals surface area contributed by atoms with E-state index in [1.54, 1.807) is 0 Å². The van der Waals surface area contributed by atoms with Gasteiger partial charge in [-0.05, 0) is 24.4 Å². The first kappa shape index (κ1) is 13.6. The molecule has 0 N–H and O–H groups in total. The van der Waals surface area contributed by atoms with Crippen molar-refractivity contribution in [2.24, 2.45) is 0 Å². The number of benzene rings is 1. The number of ether oxygens (including phenoxy) is 1. The van der Waals surface area contributed by atoms with Crippen molar-refractivity contribution in [3.63, 3.8) is 0 Å². The van der Waals surface area contributed by atoms with Crippen molar-refractivity contribution in [3.05, 3.63) is 35.6 Å². The van der Waals surface area contributed by atoms with Crippen molar-refractivity contribution < 1.29 is 4.74 Å². The molecule has 5 heteroatoms. The summed E-state index contributed by atoms with van der Waals surface area (Å²) in [7, 11) is 0. The largest absolute Gasteiger partial charge is 0.376 e. The van der Waals surface area contributed by atoms with E-state index in [-0.39, 0.29) is 0 Å². The van der Waals surface area contributed by atoms with Gasteiger partial charge in [0.25, 0.3) is 0 Å². The van der Waals surface area contributed by atoms with Gasteiger partial charge in [-0.25, -0.2) is 0 Å². The molecule has 0 radical (unpaired) electrons. The van der Waals surface area contributed by atoms with Crippen LogP contribution in [0.3, 0.4) is 0 Å². The zero-order valence-corrected chi connectivity index (χ0v) is 12.1. The Bertz CT molecular complexity index is 550. The lowest BCUT2D eigenvalue weighted by atomic mass is 10.2. The maximum atomic E-state index is 6.12. The number of aromatic nitrogens is 3. The predicted octanol–water partition coefficient (Wildman–Crippen LogP) is 3.56. The topological polar surface area (TPSA) is 39.9 Å². The SMILES string of the molecule is Clc1nnc(-c2ccccc2)n1CCOC1CCCC1. The first-order valence-corrected chi connectivity index (χ1v) is 7.48. The van der Waals surface area contributed by atoms with Crippen LogP contribution in [0.4, 0.5) is 0 Å². The highest BCUT2D eigenvalue weighted by Crippen LogP contribution is 2.22. The molecule has 0 bridgehead atoms. The third-order valence-corrected chi connectivity index (χ3v) is 3.99. The van der Waals surface area contributed by atoms with Gasteiger partial charge in [0.1, 0.15) is 0 Å². The highest BCUT2D eigenvalue weighted by Gasteiger charge is 2.16. The predicted molar refractivity (Wildman–Crippen MR) is 78.7 cm³/mol. The summed E-state index contributed by atoms with van der Waals surface area (Å²) in [6.07, 6.45) is 5.36. The van der Waals surface area contributed by atoms with E-state index in [0.29, 0.717) is 24.5 Å². The lowest BCUT2D eigenvalue weighted by Gasteiger charge is -2.12. The Kier molecular flexibility index (Phi) is 4.33. The van der Waals surface area contributed by atoms with Crippen molar-refractivity contribution in [2.75, 3.05) is 6.61 Å². The van der Waals surface area contributed by atoms with Crippen molar-refractivity contribution in [3.8, 4) is 11.4 Å². The van der Waals surface area contributed by atoms with E-state index < -0.39 is 0 Å². The third-order valence-electron chi connectivity index (χ3n) is 3.71. The first-order chi connectivity index (χ1) is 9.84. The van der Waals surface area contributed by atoms with Crippen LogP contribution in [0, 0.1) is 0 Å². The summed E-state index contributed by atoms with van der Waals surface area (Å²) < 4.78 is 7.80. The van der Waals surface area contributed by atoms with Crippen LogP contribution in [0.1, 0.15) is 25.7 Å². The lowest BCUT2D eigenvalue weighted by molar-refractivity contribution is 0.0531. The molecule has 2 aromatic rings. The number of rotatable bonds is 5. The molecule has 1 aromatic carbocycles. The fourth-order valence-electron chi connectivity index (χ4n) is 2.65. The second-order valence-electron chi connectivity index (χ2n) is 5.09. The summed E-state index contributed by atoms with van der Waals surface area (Å²) in [4.78, 5) is 0. The fraction of sp³-hybridized carbons (Fsp3) is 0.467. The summed E-state index contributed by atoms with van der Waals surface area (Å²) in [5.41, 5.74) is 1.02. The Morgan fingerprint density at radius 3 is 2.65 bits per heavy atom. The van der Waals surface area contributed by atoms with Crippen LogP contribution in [0.5, 0.6) is 0 Å². The van der Waals surface area contributed by atoms with Crippen LogP contribution in [-0.2, 0) is 11.3 Å². The molecule has 0 amide bonds. The van der Waals surface area contributed by atoms with Crippen molar-refractivity contribution >= 4 is 11.6 Å². The lowest BCUT2D eigenvalue weighted by Crippen LogP contribution is -2.14. The summed E-state index contributed by atoms with van der Waals surface area (Å²) in [5, 5.41) is 8.54. The van der Waals surface area contributed by atoms with Gasteiger partial charge in [0, 0.05) is 5.56 Å². The van der Waals surface area contributed by atoms with Crippen LogP contribution in [0.15, 0.2) is 30.3 Å². The molecule has 1 aromatic heterocycles. The van der Waals surface area contributed by atoms with Gasteiger partial charge in [0.05, 0.1) is 19.3 Å². The van der Waals surface area contributed by atoms with Crippen LogP contribution in [0.25, 0.3) is 11.4 Å². The summed E-state index contributed by atoms with van der Waals surface area (Å²) in [5.74, 6) is 0.797. The number of hydrogen-bond acceptors (Lipinski definition) is 3. The Labute approximate surface area is 123 Å². The molecule has 3 rings (SSSR count). The minimum absolute atomic E-state index is 0.416. The van der Waals surface area contributed by atoms with E-state index in [2.05, 4.69) is 10.2 Å². The molecular weight excluding hydrogens is 274 g/mol. The van der Waals surface area contributed by atoms with E-state index >= 15 is 0 Å². The van der Waals surface area contributed by atoms with Gasteiger partial charge in [-0.15, -0.1) is 10.2 Å². The van der Waals surface area contributed by atoms with Gasteiger partial charge in [0.15, 0.2) is 5.82 Å². The van der Waals surface area contributed by atoms with Crippen LogP contribution >= 0.6 is 11.6 Å². The highest BCUT2D eigenvalue weighted by atomic mass is 35.5. The van der Waals surface area contributed by atoms with Crippen molar-refractivity contribution in [1.29, 1.82) is 0 Å². The minimum atomic E-state index is 0.416. The molecule has 106 valence electrons. The van der Waals surface area contributed by atoms with Crippen molar-refractivity contribution in [1.82, 2.24) is 14.8 Å². The van der Waals surface area contributed by atoms with Gasteiger partial charge in [0.2, 0.25) is 5.28 Å². The van der Waals surface area contributed by atoms with Crippen LogP contribution in [0.2, 0.25) is 5.28 Å². The molecule has 1 aliphatic carbocycles. The van der Waals surface area contributed by atoms with Gasteiger partial charge in [-0.1, -0.05) is 43.2 Å². The van der Waals surface area contributed by atoms with Crippen LogP contribution < -0.4 is 0 Å². The molecule has 1 aliphatic rings. The second kappa shape index (κ2) is 6.37. The zero-order valence-electron chi connectivity index (χ0n) is 11.3. The molecule has 20 heavy (non-hydrogen) atoms. The minimum Gasteiger partial charge on any atom is -0.376 e. The Hall–Kier alpha value is -1.39. The molecule has 1 saturated carbocycles. The molecule has 1 fully saturated rings. The number of halogens is 1. The summed E-state index contributed by atoms with van der Waals surface area (Å²) in [6.45, 7) is 1.34. The maximum absolute atomic E-state index is 6.12. The molecule has 1 heterocycles. The molecule has 0 aliphatic heterocycles. The zero-order chi connectivity index (χ0) is 13.8. The summed E-state index contributed by atoms with van der Waals surface area (Å²) >= 11 is 6.12. The third kappa shape index (κ3) is 3.02. The Morgan fingerprint density at radius 2 is 1.90 bits per heavy atom. The fourth-order valence-corrected chi connectivity index (χ4v) is 2.85. The molecule has 0 unspecified atom stereocenters. The van der Waals surface area contributed by atoms with Gasteiger partial charge < -0.3 is 4.74 Å². The average molecular weight is 292 g/mol. The monoisotopic (exact) mass is 291 g/mol. The van der Waals surface area contributed by atoms with E-state index in [0.717, 1.165) is 11.4 Å². The van der Waals surface area contributed by atoms with Gasteiger partial charge in [-0.3, -0.25) is 4.57 Å². The first-order valence-electron chi connectivity index (χ1n) is 7.10. The van der Waals surface area contributed by atoms with Crippen LogP contribution in [-0.4, -0.2) is 27.5 Å². The Balaban J connectivity index is 1.68. The summed E-state index contributed by atoms with van der Waals surface area (Å²) in [6, 6.07) is 9.97. The second-order valence-corrected chi connectivity index (χ2v) is 5.43. The van der Waals surface area contributed by atoms with E-state index in [9.17, 15) is 0 Å². The maximum Gasteiger partial charge on any atom is 0.225 e. The molecule has 0 atom stereocenters. The van der Waals surface area contributed by atoms with Crippen molar-refractivity contribution in [2.45, 2.75) is 38.3 Å². The molecule has 0 spiro atoms. The number of hydrogen-bond donors (Lipinski definition) is 0. The van der Waals surface area contributed by atoms with E-state index in [4.69, 9.17) is 16.3 Å². The molecular formula is C15H18ClN3O. The standard InChI is InChI=1S/C15H18ClN3O/c16-15-18-17-14(12-6-2-1-3-7-12)19(15)10-11-20-13-8-4-5-9-13/h1-3,6-7,13H,4-5,8-11H2. The van der Waals surface area contributed by atoms with Gasteiger partial charge in [-0.2, -0.15) is 0 Å². The highest BCUT2D eigenvalue weighted by molar-refractivity contribution is 6.28. The van der Waals surface area contributed by atoms with E-state index in [1.807, 2.05) is 34.9 Å². The van der Waals surface area contributed by atoms with E-state index in [1.165, 1.54) is 25.7 Å². The smallest absolute Gasteiger partial charge is 0.225 e. The molecule has 4 nitrogen and oxygen atoms in total. The average Bonchev–Trinajstić information content (AvgIpc) is 3.11. The Morgan fingerprint density at radius 1 is 1.15 bits per heavy atom. The quantitative estimate of drug-likeness (QED) is 0.845. The molecule has 0 saturated heterocycles.